The first-order chi connectivity index (χ1) is 13.2. The van der Waals surface area contributed by atoms with Gasteiger partial charge in [-0.3, -0.25) is 0 Å². The van der Waals surface area contributed by atoms with Crippen molar-refractivity contribution in [2.24, 2.45) is 0 Å². The van der Waals surface area contributed by atoms with Crippen LogP contribution in [0.5, 0.6) is 0 Å². The molecule has 0 amide bonds. The number of nitrogens with zero attached hydrogens (tertiary/aromatic N) is 2. The van der Waals surface area contributed by atoms with Gasteiger partial charge in [-0.05, 0) is 23.5 Å². The van der Waals surface area contributed by atoms with E-state index in [0.717, 1.165) is 42.7 Å². The molecule has 2 nitrogen and oxygen atoms in total. The first-order valence-electron chi connectivity index (χ1n) is 8.31. The van der Waals surface area contributed by atoms with Crippen molar-refractivity contribution in [2.75, 3.05) is 0 Å². The largest absolute Gasteiger partial charge is 0.305 e. The average Bonchev–Trinajstić information content (AvgIpc) is 2.68. The van der Waals surface area contributed by atoms with Gasteiger partial charge in [-0.25, -0.2) is 0 Å². The normalized spacial score (nSPS) is 10.4. The van der Waals surface area contributed by atoms with Gasteiger partial charge in [0, 0.05) is 38.4 Å². The quantitative estimate of drug-likeness (QED) is 0.231. The van der Waals surface area contributed by atoms with Gasteiger partial charge in [0.05, 0.1) is 0 Å². The maximum atomic E-state index is 4.75. The van der Waals surface area contributed by atoms with Crippen LogP contribution in [0.15, 0.2) is 81.9 Å². The van der Waals surface area contributed by atoms with E-state index in [2.05, 4.69) is 49.0 Å². The molecule has 0 unspecified atom stereocenters. The zero-order valence-corrected chi connectivity index (χ0v) is 20.1. The molecule has 0 aliphatic carbocycles. The number of hydrogen-bond acceptors (Lipinski definition) is 2. The van der Waals surface area contributed by atoms with Gasteiger partial charge in [0.2, 0.25) is 0 Å². The second-order valence-corrected chi connectivity index (χ2v) is 7.73. The second-order valence-electron chi connectivity index (χ2n) is 5.90. The summed E-state index contributed by atoms with van der Waals surface area (Å²) in [7, 11) is 0. The van der Waals surface area contributed by atoms with Gasteiger partial charge < -0.3 is 9.97 Å². The molecule has 4 rings (SSSR count). The predicted molar refractivity (Wildman–Crippen MR) is 115 cm³/mol. The molecular weight excluding hydrogens is 656 g/mol. The predicted octanol–water partition coefficient (Wildman–Crippen LogP) is 6.53. The Kier molecular flexibility index (Phi) is 7.30. The summed E-state index contributed by atoms with van der Waals surface area (Å²) in [5.41, 5.74) is 5.46. The minimum atomic E-state index is 0. The molecule has 0 atom stereocenters. The van der Waals surface area contributed by atoms with Crippen molar-refractivity contribution >= 4 is 31.9 Å². The maximum Gasteiger partial charge on any atom is 0.0365 e. The first-order valence-corrected chi connectivity index (χ1v) is 9.90. The van der Waals surface area contributed by atoms with Gasteiger partial charge >= 0.3 is 0 Å². The molecule has 4 aromatic rings. The Morgan fingerprint density at radius 2 is 1.64 bits per heavy atom. The van der Waals surface area contributed by atoms with Gasteiger partial charge in [-0.2, -0.15) is 0 Å². The van der Waals surface area contributed by atoms with Crippen molar-refractivity contribution in [3.8, 4) is 22.5 Å². The van der Waals surface area contributed by atoms with E-state index < -0.39 is 0 Å². The molecule has 140 valence electrons. The molecule has 0 bridgehead atoms. The van der Waals surface area contributed by atoms with E-state index in [4.69, 9.17) is 4.98 Å². The first kappa shape index (κ1) is 21.1. The van der Waals surface area contributed by atoms with Gasteiger partial charge in [-0.15, -0.1) is 59.2 Å². The molecular formula is C23H13Br2IrN2-2. The van der Waals surface area contributed by atoms with E-state index in [1.165, 1.54) is 0 Å². The minimum Gasteiger partial charge on any atom is -0.305 e. The van der Waals surface area contributed by atoms with Crippen LogP contribution in [-0.4, -0.2) is 9.97 Å². The van der Waals surface area contributed by atoms with Gasteiger partial charge in [0.25, 0.3) is 0 Å². The van der Waals surface area contributed by atoms with Crippen molar-refractivity contribution in [2.45, 2.75) is 0 Å². The molecule has 0 saturated carbocycles. The smallest absolute Gasteiger partial charge is 0.0365 e. The number of benzene rings is 2. The van der Waals surface area contributed by atoms with Crippen LogP contribution in [0.4, 0.5) is 0 Å². The summed E-state index contributed by atoms with van der Waals surface area (Å²) in [5.74, 6) is 0. The van der Waals surface area contributed by atoms with Crippen LogP contribution >= 0.6 is 31.9 Å². The van der Waals surface area contributed by atoms with Crippen molar-refractivity contribution in [1.29, 1.82) is 0 Å². The average molecular weight is 669 g/mol. The molecule has 0 N–H and O–H groups in total. The van der Waals surface area contributed by atoms with Crippen molar-refractivity contribution in [3.05, 3.63) is 112 Å². The summed E-state index contributed by atoms with van der Waals surface area (Å²) in [6.45, 7) is 0. The van der Waals surface area contributed by atoms with E-state index in [-0.39, 0.29) is 20.1 Å². The molecule has 0 saturated heterocycles. The molecule has 0 aliphatic rings. The van der Waals surface area contributed by atoms with Crippen LogP contribution < -0.4 is 0 Å². The zero-order valence-electron chi connectivity index (χ0n) is 14.5. The van der Waals surface area contributed by atoms with Gasteiger partial charge in [0.1, 0.15) is 0 Å². The maximum absolute atomic E-state index is 4.75. The Labute approximate surface area is 195 Å². The molecule has 2 heterocycles. The summed E-state index contributed by atoms with van der Waals surface area (Å²) in [5, 5.41) is 0. The van der Waals surface area contributed by atoms with Crippen LogP contribution in [0.1, 0.15) is 11.3 Å². The van der Waals surface area contributed by atoms with E-state index in [1.807, 2.05) is 73.2 Å². The van der Waals surface area contributed by atoms with Crippen molar-refractivity contribution in [3.63, 3.8) is 0 Å². The van der Waals surface area contributed by atoms with Crippen molar-refractivity contribution in [1.82, 2.24) is 9.97 Å². The Hall–Kier alpha value is -1.65. The van der Waals surface area contributed by atoms with Crippen LogP contribution in [0.25, 0.3) is 22.5 Å². The third-order valence-electron chi connectivity index (χ3n) is 3.91. The molecule has 0 spiro atoms. The topological polar surface area (TPSA) is 25.8 Å². The Morgan fingerprint density at radius 1 is 0.821 bits per heavy atom. The van der Waals surface area contributed by atoms with Crippen LogP contribution in [0, 0.1) is 18.6 Å². The molecule has 5 heteroatoms. The van der Waals surface area contributed by atoms with Crippen LogP contribution in [0.3, 0.4) is 0 Å². The molecule has 28 heavy (non-hydrogen) atoms. The standard InChI is InChI=1S/C23H13Br2N2.Ir/c24-19-6-3-5-17(14-19)23-9-4-7-21(27-23)13-16-11-18(15-20(25)12-16)22-8-1-2-10-26-22;/h1-4,6-10,12-15H;/q-2;. The summed E-state index contributed by atoms with van der Waals surface area (Å²) in [4.78, 5) is 9.16. The summed E-state index contributed by atoms with van der Waals surface area (Å²) in [6, 6.07) is 28.3. The molecule has 0 aliphatic heterocycles. The third kappa shape index (κ3) is 5.24. The number of pyridine rings is 2. The zero-order chi connectivity index (χ0) is 18.6. The molecule has 0 fully saturated rings. The number of halogens is 2. The monoisotopic (exact) mass is 668 g/mol. The Morgan fingerprint density at radius 3 is 2.43 bits per heavy atom. The Bertz CT molecular complexity index is 1080. The summed E-state index contributed by atoms with van der Waals surface area (Å²) in [6.07, 6.45) is 3.80. The SMILES string of the molecule is Brc1cc([CH]c2cccc(-c3[c-]ccc(Br)c3)n2)[c-]c(-c2ccccn2)c1.[Ir]. The summed E-state index contributed by atoms with van der Waals surface area (Å²) < 4.78 is 1.98. The van der Waals surface area contributed by atoms with E-state index >= 15 is 0 Å². The third-order valence-corrected chi connectivity index (χ3v) is 4.86. The Balaban J connectivity index is 0.00000225. The summed E-state index contributed by atoms with van der Waals surface area (Å²) >= 11 is 7.08. The van der Waals surface area contributed by atoms with Crippen LogP contribution in [0.2, 0.25) is 0 Å². The number of hydrogen-bond donors (Lipinski definition) is 0. The molecule has 2 aromatic heterocycles. The fourth-order valence-electron chi connectivity index (χ4n) is 2.72. The fraction of sp³-hybridized carbons (Fsp3) is 0. The van der Waals surface area contributed by atoms with E-state index in [1.54, 1.807) is 6.20 Å². The minimum absolute atomic E-state index is 0. The van der Waals surface area contributed by atoms with E-state index in [0.29, 0.717) is 0 Å². The van der Waals surface area contributed by atoms with Gasteiger partial charge in [0.15, 0.2) is 0 Å². The number of aromatic nitrogens is 2. The van der Waals surface area contributed by atoms with Crippen LogP contribution in [-0.2, 0) is 20.1 Å². The molecule has 2 radical (unpaired) electrons. The van der Waals surface area contributed by atoms with E-state index in [9.17, 15) is 0 Å². The fourth-order valence-corrected chi connectivity index (χ4v) is 3.56. The molecule has 2 aromatic carbocycles. The van der Waals surface area contributed by atoms with Gasteiger partial charge in [-0.1, -0.05) is 65.1 Å². The van der Waals surface area contributed by atoms with Crippen molar-refractivity contribution < 1.29 is 20.1 Å². The second kappa shape index (κ2) is 9.71. The number of rotatable bonds is 4.